The molecule has 0 unspecified atom stereocenters. The maximum Gasteiger partial charge on any atom is 0.252 e. The van der Waals surface area contributed by atoms with Crippen LogP contribution < -0.4 is 0 Å². The average Bonchev–Trinajstić information content (AvgIpc) is 2.91. The Bertz CT molecular complexity index is 760. The van der Waals surface area contributed by atoms with E-state index in [0.717, 1.165) is 12.0 Å². The summed E-state index contributed by atoms with van der Waals surface area (Å²) in [6, 6.07) is 1.80. The monoisotopic (exact) mass is 350 g/mol. The van der Waals surface area contributed by atoms with E-state index in [9.17, 15) is 16.8 Å². The van der Waals surface area contributed by atoms with Crippen LogP contribution in [0.5, 0.6) is 0 Å². The second-order valence-corrected chi connectivity index (χ2v) is 11.0. The van der Waals surface area contributed by atoms with Crippen LogP contribution in [0.4, 0.5) is 0 Å². The molecule has 0 aromatic carbocycles. The summed E-state index contributed by atoms with van der Waals surface area (Å²) in [6.07, 6.45) is 1.93. The topological polar surface area (TPSA) is 74.8 Å². The standard InChI is InChI=1S/C12H18N2O4S3/c1-10-3-6-19-11(10)21(17,18)14-8-12(9-14)4-5-13(7-12)20(2,15)16/h3,6H,4-5,7-9H2,1-2H3. The lowest BCUT2D eigenvalue weighted by atomic mass is 9.81. The zero-order valence-electron chi connectivity index (χ0n) is 11.9. The summed E-state index contributed by atoms with van der Waals surface area (Å²) in [4.78, 5) is 0. The van der Waals surface area contributed by atoms with Crippen molar-refractivity contribution < 1.29 is 16.8 Å². The molecular formula is C12H18N2O4S3. The van der Waals surface area contributed by atoms with Crippen molar-refractivity contribution in [2.75, 3.05) is 32.4 Å². The van der Waals surface area contributed by atoms with Gasteiger partial charge in [0.1, 0.15) is 4.21 Å². The molecule has 0 bridgehead atoms. The van der Waals surface area contributed by atoms with E-state index in [1.807, 2.05) is 0 Å². The lowest BCUT2D eigenvalue weighted by Crippen LogP contribution is -2.59. The Morgan fingerprint density at radius 2 is 1.76 bits per heavy atom. The molecule has 0 aliphatic carbocycles. The number of thiophene rings is 1. The Balaban J connectivity index is 1.74. The molecule has 9 heteroatoms. The average molecular weight is 350 g/mol. The highest BCUT2D eigenvalue weighted by Gasteiger charge is 2.53. The first kappa shape index (κ1) is 15.4. The molecule has 3 rings (SSSR count). The van der Waals surface area contributed by atoms with Gasteiger partial charge < -0.3 is 0 Å². The first-order valence-corrected chi connectivity index (χ1v) is 10.8. The Labute approximate surface area is 129 Å². The molecule has 0 saturated carbocycles. The third-order valence-corrected chi connectivity index (χ3v) is 8.99. The molecule has 118 valence electrons. The molecule has 0 amide bonds. The fourth-order valence-corrected chi connectivity index (χ4v) is 7.19. The van der Waals surface area contributed by atoms with E-state index >= 15 is 0 Å². The molecule has 1 spiro atoms. The summed E-state index contributed by atoms with van der Waals surface area (Å²) in [5.74, 6) is 0. The van der Waals surface area contributed by atoms with Gasteiger partial charge in [-0.15, -0.1) is 11.3 Å². The van der Waals surface area contributed by atoms with Gasteiger partial charge in [0, 0.05) is 31.6 Å². The van der Waals surface area contributed by atoms with Crippen molar-refractivity contribution in [3.05, 3.63) is 17.0 Å². The molecule has 2 fully saturated rings. The van der Waals surface area contributed by atoms with Crippen LogP contribution in [0.2, 0.25) is 0 Å². The van der Waals surface area contributed by atoms with E-state index in [2.05, 4.69) is 0 Å². The predicted octanol–water partition coefficient (Wildman–Crippen LogP) is 0.713. The van der Waals surface area contributed by atoms with Crippen LogP contribution >= 0.6 is 11.3 Å². The number of rotatable bonds is 3. The third-order valence-electron chi connectivity index (χ3n) is 4.29. The summed E-state index contributed by atoms with van der Waals surface area (Å²) < 4.78 is 51.5. The van der Waals surface area contributed by atoms with Gasteiger partial charge in [-0.05, 0) is 30.4 Å². The second-order valence-electron chi connectivity index (χ2n) is 6.01. The van der Waals surface area contributed by atoms with Crippen LogP contribution in [0.3, 0.4) is 0 Å². The van der Waals surface area contributed by atoms with E-state index in [-0.39, 0.29) is 5.41 Å². The smallest absolute Gasteiger partial charge is 0.213 e. The molecular weight excluding hydrogens is 332 g/mol. The number of hydrogen-bond acceptors (Lipinski definition) is 5. The van der Waals surface area contributed by atoms with Gasteiger partial charge in [0.05, 0.1) is 6.26 Å². The van der Waals surface area contributed by atoms with Crippen LogP contribution in [0.15, 0.2) is 15.7 Å². The van der Waals surface area contributed by atoms with Gasteiger partial charge in [0.2, 0.25) is 10.0 Å². The predicted molar refractivity (Wildman–Crippen MR) is 81.3 cm³/mol. The van der Waals surface area contributed by atoms with Crippen molar-refractivity contribution in [3.63, 3.8) is 0 Å². The van der Waals surface area contributed by atoms with Gasteiger partial charge in [0.25, 0.3) is 10.0 Å². The lowest BCUT2D eigenvalue weighted by Gasteiger charge is -2.46. The van der Waals surface area contributed by atoms with Gasteiger partial charge in [-0.2, -0.15) is 4.31 Å². The zero-order chi connectivity index (χ0) is 15.5. The van der Waals surface area contributed by atoms with Crippen LogP contribution in [0, 0.1) is 12.3 Å². The minimum Gasteiger partial charge on any atom is -0.213 e. The summed E-state index contributed by atoms with van der Waals surface area (Å²) in [6.45, 7) is 3.54. The quantitative estimate of drug-likeness (QED) is 0.805. The molecule has 0 radical (unpaired) electrons. The molecule has 2 aliphatic rings. The molecule has 3 heterocycles. The van der Waals surface area contributed by atoms with E-state index in [0.29, 0.717) is 30.4 Å². The van der Waals surface area contributed by atoms with Crippen molar-refractivity contribution in [3.8, 4) is 0 Å². The summed E-state index contributed by atoms with van der Waals surface area (Å²) in [7, 11) is -6.61. The van der Waals surface area contributed by atoms with E-state index in [1.165, 1.54) is 26.2 Å². The van der Waals surface area contributed by atoms with Crippen LogP contribution in [-0.4, -0.2) is 57.9 Å². The fraction of sp³-hybridized carbons (Fsp3) is 0.667. The van der Waals surface area contributed by atoms with Crippen molar-refractivity contribution in [2.45, 2.75) is 17.6 Å². The molecule has 21 heavy (non-hydrogen) atoms. The molecule has 1 aromatic rings. The van der Waals surface area contributed by atoms with Gasteiger partial charge >= 0.3 is 0 Å². The first-order valence-electron chi connectivity index (χ1n) is 6.64. The van der Waals surface area contributed by atoms with Gasteiger partial charge in [-0.3, -0.25) is 0 Å². The number of sulfonamides is 2. The van der Waals surface area contributed by atoms with Crippen molar-refractivity contribution in [2.24, 2.45) is 5.41 Å². The molecule has 0 atom stereocenters. The molecule has 2 aliphatic heterocycles. The van der Waals surface area contributed by atoms with Gasteiger partial charge in [-0.1, -0.05) is 0 Å². The summed E-state index contributed by atoms with van der Waals surface area (Å²) in [5, 5.41) is 1.78. The second kappa shape index (κ2) is 4.76. The van der Waals surface area contributed by atoms with E-state index in [4.69, 9.17) is 0 Å². The molecule has 0 N–H and O–H groups in total. The molecule has 6 nitrogen and oxygen atoms in total. The van der Waals surface area contributed by atoms with Crippen molar-refractivity contribution in [1.29, 1.82) is 0 Å². The normalized spacial score (nSPS) is 23.5. The maximum atomic E-state index is 12.5. The Morgan fingerprint density at radius 3 is 2.24 bits per heavy atom. The van der Waals surface area contributed by atoms with E-state index < -0.39 is 20.0 Å². The van der Waals surface area contributed by atoms with Crippen molar-refractivity contribution in [1.82, 2.24) is 8.61 Å². The Kier molecular flexibility index (Phi) is 3.49. The Morgan fingerprint density at radius 1 is 1.14 bits per heavy atom. The number of nitrogens with zero attached hydrogens (tertiary/aromatic N) is 2. The highest BCUT2D eigenvalue weighted by molar-refractivity contribution is 7.91. The number of aryl methyl sites for hydroxylation is 1. The largest absolute Gasteiger partial charge is 0.252 e. The summed E-state index contributed by atoms with van der Waals surface area (Å²) in [5.41, 5.74) is 0.576. The molecule has 1 aromatic heterocycles. The van der Waals surface area contributed by atoms with Gasteiger partial charge in [-0.25, -0.2) is 21.1 Å². The number of hydrogen-bond donors (Lipinski definition) is 0. The Hall–Kier alpha value is -0.480. The SMILES string of the molecule is Cc1ccsc1S(=O)(=O)N1CC2(CCN(S(C)(=O)=O)C2)C1. The highest BCUT2D eigenvalue weighted by atomic mass is 32.2. The van der Waals surface area contributed by atoms with Crippen LogP contribution in [0.25, 0.3) is 0 Å². The summed E-state index contributed by atoms with van der Waals surface area (Å²) >= 11 is 1.23. The molecule has 2 saturated heterocycles. The zero-order valence-corrected chi connectivity index (χ0v) is 14.4. The van der Waals surface area contributed by atoms with Crippen molar-refractivity contribution >= 4 is 31.4 Å². The first-order chi connectivity index (χ1) is 9.64. The fourth-order valence-electron chi connectivity index (χ4n) is 3.05. The third kappa shape index (κ3) is 2.55. The minimum atomic E-state index is -3.42. The minimum absolute atomic E-state index is 0.193. The lowest BCUT2D eigenvalue weighted by molar-refractivity contribution is 0.0861. The van der Waals surface area contributed by atoms with Gasteiger partial charge in [0.15, 0.2) is 0 Å². The van der Waals surface area contributed by atoms with E-state index in [1.54, 1.807) is 18.4 Å². The maximum absolute atomic E-state index is 12.5. The van der Waals surface area contributed by atoms with Crippen LogP contribution in [-0.2, 0) is 20.0 Å². The van der Waals surface area contributed by atoms with Crippen LogP contribution in [0.1, 0.15) is 12.0 Å². The highest BCUT2D eigenvalue weighted by Crippen LogP contribution is 2.43.